The zero-order valence-corrected chi connectivity index (χ0v) is 17.9. The number of nitrogens with zero attached hydrogens (tertiary/aromatic N) is 2. The van der Waals surface area contributed by atoms with Crippen molar-refractivity contribution in [2.75, 3.05) is 47.4 Å². The highest BCUT2D eigenvalue weighted by Gasteiger charge is 2.22. The average Bonchev–Trinajstić information content (AvgIpc) is 2.74. The number of piperidine rings is 1. The molecule has 1 N–H and O–H groups in total. The molecule has 158 valence electrons. The van der Waals surface area contributed by atoms with Crippen molar-refractivity contribution >= 4 is 0 Å². The van der Waals surface area contributed by atoms with Crippen LogP contribution in [0.3, 0.4) is 0 Å². The van der Waals surface area contributed by atoms with E-state index in [1.807, 2.05) is 24.3 Å². The van der Waals surface area contributed by atoms with Gasteiger partial charge < -0.3 is 24.4 Å². The van der Waals surface area contributed by atoms with Crippen molar-refractivity contribution in [3.63, 3.8) is 0 Å². The number of phenolic OH excluding ortho intramolecular Hbond substituents is 1. The van der Waals surface area contributed by atoms with E-state index in [-0.39, 0.29) is 0 Å². The Morgan fingerprint density at radius 3 is 2.62 bits per heavy atom. The van der Waals surface area contributed by atoms with Gasteiger partial charge in [-0.25, -0.2) is 0 Å². The van der Waals surface area contributed by atoms with Gasteiger partial charge in [0, 0.05) is 31.7 Å². The molecule has 1 saturated heterocycles. The maximum Gasteiger partial charge on any atom is 0.127 e. The Balaban J connectivity index is 1.52. The van der Waals surface area contributed by atoms with E-state index in [1.54, 1.807) is 20.3 Å². The number of benzene rings is 2. The summed E-state index contributed by atoms with van der Waals surface area (Å²) in [5.74, 6) is 2.68. The van der Waals surface area contributed by atoms with E-state index < -0.39 is 0 Å². The molecule has 0 saturated carbocycles. The van der Waals surface area contributed by atoms with E-state index in [4.69, 9.17) is 9.47 Å². The second kappa shape index (κ2) is 10.5. The maximum absolute atomic E-state index is 10.2. The first-order valence-electron chi connectivity index (χ1n) is 10.5. The van der Waals surface area contributed by atoms with Gasteiger partial charge in [0.2, 0.25) is 0 Å². The summed E-state index contributed by atoms with van der Waals surface area (Å²) in [6.07, 6.45) is 3.51. The lowest BCUT2D eigenvalue weighted by atomic mass is 9.96. The van der Waals surface area contributed by atoms with Gasteiger partial charge >= 0.3 is 0 Å². The predicted octanol–water partition coefficient (Wildman–Crippen LogP) is 3.80. The lowest BCUT2D eigenvalue weighted by Crippen LogP contribution is -2.40. The number of aromatic hydroxyl groups is 1. The predicted molar refractivity (Wildman–Crippen MR) is 117 cm³/mol. The summed E-state index contributed by atoms with van der Waals surface area (Å²) in [7, 11) is 5.52. The summed E-state index contributed by atoms with van der Waals surface area (Å²) in [6, 6.07) is 13.8. The minimum atomic E-state index is 0.304. The molecule has 1 heterocycles. The Morgan fingerprint density at radius 1 is 1.07 bits per heavy atom. The molecule has 1 aliphatic heterocycles. The monoisotopic (exact) mass is 398 g/mol. The first kappa shape index (κ1) is 21.5. The molecule has 0 radical (unpaired) electrons. The SMILES string of the molecule is COc1ccccc1CCN1CCC[C@H](CN(C)Cc2c(O)cccc2OC)C1. The molecule has 2 aromatic rings. The van der Waals surface area contributed by atoms with Gasteiger partial charge in [-0.2, -0.15) is 0 Å². The van der Waals surface area contributed by atoms with Crippen LogP contribution in [-0.4, -0.2) is 62.4 Å². The molecule has 5 nitrogen and oxygen atoms in total. The number of phenols is 1. The Hall–Kier alpha value is -2.24. The van der Waals surface area contributed by atoms with Gasteiger partial charge in [-0.05, 0) is 62.5 Å². The van der Waals surface area contributed by atoms with Crippen molar-refractivity contribution in [3.05, 3.63) is 53.6 Å². The second-order valence-electron chi connectivity index (χ2n) is 8.03. The fourth-order valence-electron chi connectivity index (χ4n) is 4.37. The van der Waals surface area contributed by atoms with E-state index in [2.05, 4.69) is 29.0 Å². The number of para-hydroxylation sites is 1. The molecule has 29 heavy (non-hydrogen) atoms. The van der Waals surface area contributed by atoms with E-state index in [0.29, 0.717) is 18.2 Å². The zero-order chi connectivity index (χ0) is 20.6. The van der Waals surface area contributed by atoms with Crippen molar-refractivity contribution in [1.29, 1.82) is 0 Å². The quantitative estimate of drug-likeness (QED) is 0.696. The molecule has 5 heteroatoms. The fraction of sp³-hybridized carbons (Fsp3) is 0.500. The zero-order valence-electron chi connectivity index (χ0n) is 17.9. The molecule has 0 spiro atoms. The van der Waals surface area contributed by atoms with Crippen LogP contribution in [0.1, 0.15) is 24.0 Å². The van der Waals surface area contributed by atoms with Crippen LogP contribution in [0.5, 0.6) is 17.2 Å². The summed E-state index contributed by atoms with van der Waals surface area (Å²) < 4.78 is 10.9. The van der Waals surface area contributed by atoms with Crippen molar-refractivity contribution in [2.45, 2.75) is 25.8 Å². The molecule has 0 aromatic heterocycles. The highest BCUT2D eigenvalue weighted by atomic mass is 16.5. The van der Waals surface area contributed by atoms with E-state index in [1.165, 1.54) is 24.9 Å². The summed E-state index contributed by atoms with van der Waals surface area (Å²) in [5.41, 5.74) is 2.14. The summed E-state index contributed by atoms with van der Waals surface area (Å²) in [5, 5.41) is 10.2. The molecule has 1 aliphatic rings. The fourth-order valence-corrected chi connectivity index (χ4v) is 4.37. The van der Waals surface area contributed by atoms with Gasteiger partial charge in [0.15, 0.2) is 0 Å². The van der Waals surface area contributed by atoms with Crippen molar-refractivity contribution in [1.82, 2.24) is 9.80 Å². The van der Waals surface area contributed by atoms with Gasteiger partial charge in [0.1, 0.15) is 17.2 Å². The van der Waals surface area contributed by atoms with E-state index in [0.717, 1.165) is 43.1 Å². The van der Waals surface area contributed by atoms with Crippen LogP contribution in [0.2, 0.25) is 0 Å². The van der Waals surface area contributed by atoms with Crippen molar-refractivity contribution < 1.29 is 14.6 Å². The molecular formula is C24H34N2O3. The second-order valence-corrected chi connectivity index (χ2v) is 8.03. The normalized spacial score (nSPS) is 17.4. The first-order chi connectivity index (χ1) is 14.1. The Bertz CT molecular complexity index is 780. The largest absolute Gasteiger partial charge is 0.507 e. The van der Waals surface area contributed by atoms with Gasteiger partial charge in [0.05, 0.1) is 14.2 Å². The average molecular weight is 399 g/mol. The molecule has 2 aromatic carbocycles. The number of hydrogen-bond acceptors (Lipinski definition) is 5. The van der Waals surface area contributed by atoms with Gasteiger partial charge in [-0.1, -0.05) is 24.3 Å². The topological polar surface area (TPSA) is 45.2 Å². The van der Waals surface area contributed by atoms with E-state index >= 15 is 0 Å². The first-order valence-corrected chi connectivity index (χ1v) is 10.5. The molecule has 1 fully saturated rings. The van der Waals surface area contributed by atoms with Gasteiger partial charge in [0.25, 0.3) is 0 Å². The van der Waals surface area contributed by atoms with Gasteiger partial charge in [-0.15, -0.1) is 0 Å². The Labute approximate surface area is 174 Å². The van der Waals surface area contributed by atoms with Crippen LogP contribution in [0.4, 0.5) is 0 Å². The highest BCUT2D eigenvalue weighted by molar-refractivity contribution is 5.43. The smallest absolute Gasteiger partial charge is 0.127 e. The molecule has 0 aliphatic carbocycles. The van der Waals surface area contributed by atoms with Crippen molar-refractivity contribution in [3.8, 4) is 17.2 Å². The summed E-state index contributed by atoms with van der Waals surface area (Å²) in [6.45, 7) is 5.06. The standard InChI is InChI=1S/C24H34N2O3/c1-25(18-21-22(27)10-6-12-24(21)29-3)16-19-8-7-14-26(17-19)15-13-20-9-4-5-11-23(20)28-2/h4-6,9-12,19,27H,7-8,13-18H2,1-3H3/t19-/m1/s1. The molecular weight excluding hydrogens is 364 g/mol. The molecule has 0 amide bonds. The van der Waals surface area contributed by atoms with Crippen LogP contribution in [-0.2, 0) is 13.0 Å². The van der Waals surface area contributed by atoms with Crippen LogP contribution >= 0.6 is 0 Å². The Morgan fingerprint density at radius 2 is 1.83 bits per heavy atom. The van der Waals surface area contributed by atoms with Crippen LogP contribution in [0.15, 0.2) is 42.5 Å². The lowest BCUT2D eigenvalue weighted by Gasteiger charge is -2.35. The van der Waals surface area contributed by atoms with Crippen LogP contribution in [0.25, 0.3) is 0 Å². The number of rotatable bonds is 9. The van der Waals surface area contributed by atoms with Crippen LogP contribution < -0.4 is 9.47 Å². The number of likely N-dealkylation sites (tertiary alicyclic amines) is 1. The summed E-state index contributed by atoms with van der Waals surface area (Å²) >= 11 is 0. The number of methoxy groups -OCH3 is 2. The Kier molecular flexibility index (Phi) is 7.78. The van der Waals surface area contributed by atoms with E-state index in [9.17, 15) is 5.11 Å². The minimum Gasteiger partial charge on any atom is -0.507 e. The van der Waals surface area contributed by atoms with Crippen molar-refractivity contribution in [2.24, 2.45) is 5.92 Å². The lowest BCUT2D eigenvalue weighted by molar-refractivity contribution is 0.141. The maximum atomic E-state index is 10.2. The summed E-state index contributed by atoms with van der Waals surface area (Å²) in [4.78, 5) is 4.88. The molecule has 1 atom stereocenters. The molecule has 3 rings (SSSR count). The number of hydrogen-bond donors (Lipinski definition) is 1. The third kappa shape index (κ3) is 5.87. The highest BCUT2D eigenvalue weighted by Crippen LogP contribution is 2.29. The molecule has 0 unspecified atom stereocenters. The third-order valence-corrected chi connectivity index (χ3v) is 5.82. The van der Waals surface area contributed by atoms with Gasteiger partial charge in [-0.3, -0.25) is 0 Å². The number of ether oxygens (including phenoxy) is 2. The third-order valence-electron chi connectivity index (χ3n) is 5.82. The minimum absolute atomic E-state index is 0.304. The van der Waals surface area contributed by atoms with Crippen LogP contribution in [0, 0.1) is 5.92 Å². The molecule has 0 bridgehead atoms.